The summed E-state index contributed by atoms with van der Waals surface area (Å²) >= 11 is 0. The third-order valence-electron chi connectivity index (χ3n) is 12.9. The van der Waals surface area contributed by atoms with E-state index in [2.05, 4.69) is 9.97 Å². The molecule has 14 nitrogen and oxygen atoms in total. The van der Waals surface area contributed by atoms with E-state index < -0.39 is 83.1 Å². The van der Waals surface area contributed by atoms with Gasteiger partial charge < -0.3 is 47.4 Å². The van der Waals surface area contributed by atoms with E-state index in [0.29, 0.717) is 22.6 Å². The fourth-order valence-corrected chi connectivity index (χ4v) is 9.25. The van der Waals surface area contributed by atoms with Crippen LogP contribution in [0.5, 0.6) is 11.5 Å². The summed E-state index contributed by atoms with van der Waals surface area (Å²) in [7, 11) is 3.10. The Balaban J connectivity index is 0.000000178. The number of carbonyl (C=O) groups excluding carboxylic acids is 2. The van der Waals surface area contributed by atoms with Crippen LogP contribution in [0.15, 0.2) is 97.2 Å². The van der Waals surface area contributed by atoms with Crippen LogP contribution in [0, 0.1) is 48.8 Å². The molecule has 6 heterocycles. The van der Waals surface area contributed by atoms with Crippen molar-refractivity contribution in [2.45, 2.75) is 64.1 Å². The second kappa shape index (κ2) is 20.3. The summed E-state index contributed by atoms with van der Waals surface area (Å²) in [6.07, 6.45) is 9.37. The number of benzene rings is 4. The molecule has 0 N–H and O–H groups in total. The highest BCUT2D eigenvalue weighted by Crippen LogP contribution is 2.39. The van der Waals surface area contributed by atoms with Gasteiger partial charge in [-0.05, 0) is 111 Å². The highest BCUT2D eigenvalue weighted by molar-refractivity contribution is 5.98. The van der Waals surface area contributed by atoms with Gasteiger partial charge in [-0.3, -0.25) is 9.59 Å². The van der Waals surface area contributed by atoms with Crippen LogP contribution in [-0.2, 0) is 28.5 Å². The lowest BCUT2D eigenvalue weighted by atomic mass is 9.97. The van der Waals surface area contributed by atoms with Gasteiger partial charge in [-0.1, -0.05) is 12.1 Å². The van der Waals surface area contributed by atoms with Gasteiger partial charge in [0, 0.05) is 12.4 Å². The van der Waals surface area contributed by atoms with Gasteiger partial charge in [-0.15, -0.1) is 0 Å². The number of fused-ring (bicyclic) bond motifs is 2. The van der Waals surface area contributed by atoms with E-state index in [1.54, 1.807) is 65.0 Å². The molecule has 4 saturated heterocycles. The Bertz CT molecular complexity index is 2870. The lowest BCUT2D eigenvalue weighted by Crippen LogP contribution is -2.59. The second-order valence-corrected chi connectivity index (χ2v) is 17.6. The molecular formula is C52H48F6N6O8. The number of aromatic nitrogens is 4. The lowest BCUT2D eigenvalue weighted by Gasteiger charge is -2.47. The third kappa shape index (κ3) is 9.62. The molecule has 2 amide bonds. The van der Waals surface area contributed by atoms with Crippen LogP contribution in [0.1, 0.15) is 59.6 Å². The van der Waals surface area contributed by atoms with E-state index in [4.69, 9.17) is 28.4 Å². The van der Waals surface area contributed by atoms with Gasteiger partial charge in [0.1, 0.15) is 23.7 Å². The van der Waals surface area contributed by atoms with E-state index in [1.807, 2.05) is 59.6 Å². The molecule has 4 fully saturated rings. The monoisotopic (exact) mass is 998 g/mol. The van der Waals surface area contributed by atoms with Crippen LogP contribution in [0.3, 0.4) is 0 Å². The minimum Gasteiger partial charge on any atom is -0.495 e. The zero-order valence-corrected chi connectivity index (χ0v) is 39.7. The average Bonchev–Trinajstić information content (AvgIpc) is 4.02. The Morgan fingerprint density at radius 3 is 1.28 bits per heavy atom. The van der Waals surface area contributed by atoms with Gasteiger partial charge in [0.25, 0.3) is 11.8 Å². The number of hydrogen-bond donors (Lipinski definition) is 0. The summed E-state index contributed by atoms with van der Waals surface area (Å²) in [6, 6.07) is 11.9. The van der Waals surface area contributed by atoms with Gasteiger partial charge in [-0.2, -0.15) is 0 Å². The molecule has 6 atom stereocenters. The molecule has 0 bridgehead atoms. The second-order valence-electron chi connectivity index (χ2n) is 17.6. The number of imidazole rings is 2. The number of aryl methyl sites for hydroxylation is 2. The number of halogens is 6. The van der Waals surface area contributed by atoms with Crippen molar-refractivity contribution in [3.63, 3.8) is 0 Å². The Morgan fingerprint density at radius 1 is 0.569 bits per heavy atom. The first-order valence-corrected chi connectivity index (χ1v) is 22.8. The smallest absolute Gasteiger partial charge is 0.290 e. The van der Waals surface area contributed by atoms with Crippen molar-refractivity contribution in [3.8, 4) is 22.9 Å². The summed E-state index contributed by atoms with van der Waals surface area (Å²) in [5, 5.41) is 0. The first kappa shape index (κ1) is 49.4. The van der Waals surface area contributed by atoms with Gasteiger partial charge in [-0.25, -0.2) is 36.3 Å². The largest absolute Gasteiger partial charge is 0.495 e. The van der Waals surface area contributed by atoms with Gasteiger partial charge in [0.2, 0.25) is 0 Å². The van der Waals surface area contributed by atoms with Crippen molar-refractivity contribution in [2.75, 3.05) is 40.6 Å². The van der Waals surface area contributed by atoms with E-state index in [1.165, 1.54) is 9.80 Å². The van der Waals surface area contributed by atoms with E-state index in [9.17, 15) is 35.9 Å². The molecule has 0 radical (unpaired) electrons. The van der Waals surface area contributed by atoms with Gasteiger partial charge >= 0.3 is 0 Å². The molecule has 10 rings (SSSR count). The highest BCUT2D eigenvalue weighted by Gasteiger charge is 2.47. The molecule has 0 spiro atoms. The average molecular weight is 999 g/mol. The molecule has 376 valence electrons. The van der Waals surface area contributed by atoms with Gasteiger partial charge in [0.15, 0.2) is 46.4 Å². The van der Waals surface area contributed by atoms with E-state index in [0.717, 1.165) is 47.0 Å². The Kier molecular flexibility index (Phi) is 13.9. The number of hydrogen-bond acceptors (Lipinski definition) is 10. The van der Waals surface area contributed by atoms with Crippen molar-refractivity contribution >= 4 is 24.0 Å². The minimum atomic E-state index is -1.56. The number of carbonyl (C=O) groups is 2. The fraction of sp³-hybridized carbons (Fsp3) is 0.308. The molecule has 72 heavy (non-hydrogen) atoms. The maximum Gasteiger partial charge on any atom is 0.290 e. The molecule has 4 aromatic carbocycles. The Morgan fingerprint density at radius 2 is 0.944 bits per heavy atom. The molecule has 20 heteroatoms. The predicted molar refractivity (Wildman–Crippen MR) is 248 cm³/mol. The number of morpholine rings is 4. The maximum absolute atomic E-state index is 14.0. The molecule has 0 saturated carbocycles. The molecule has 0 unspecified atom stereocenters. The van der Waals surface area contributed by atoms with Crippen molar-refractivity contribution in [3.05, 3.63) is 166 Å². The molecule has 0 aliphatic carbocycles. The molecule has 2 aromatic heterocycles. The zero-order chi connectivity index (χ0) is 51.1. The summed E-state index contributed by atoms with van der Waals surface area (Å²) in [5.41, 5.74) is 4.80. The van der Waals surface area contributed by atoms with Crippen molar-refractivity contribution < 1.29 is 64.4 Å². The first-order valence-electron chi connectivity index (χ1n) is 22.8. The number of ether oxygens (including phenoxy) is 6. The number of rotatable bonds is 8. The van der Waals surface area contributed by atoms with Crippen LogP contribution < -0.4 is 9.47 Å². The predicted octanol–water partition coefficient (Wildman–Crippen LogP) is 8.67. The van der Waals surface area contributed by atoms with Crippen molar-refractivity contribution in [1.29, 1.82) is 0 Å². The summed E-state index contributed by atoms with van der Waals surface area (Å²) in [6.45, 7) is 7.79. The minimum absolute atomic E-state index is 0.0135. The molecule has 6 aromatic rings. The molecular weight excluding hydrogens is 951 g/mol. The first-order chi connectivity index (χ1) is 34.5. The lowest BCUT2D eigenvalue weighted by molar-refractivity contribution is -0.167. The zero-order valence-electron chi connectivity index (χ0n) is 39.7. The van der Waals surface area contributed by atoms with Gasteiger partial charge in [0.05, 0.1) is 100 Å². The molecule has 4 aliphatic heterocycles. The standard InChI is InChI=1S/2C26H24F3N3O4/c2*1-14-10-31(13-30-14)20-5-4-16(6-23(20)34-3)7-24-26(33)32-21(15(2)36-24)11-35-12-22(32)17-8-18(27)25(29)19(28)9-17/h2*4-10,13,15,21-22H,11-12H2,1-3H3/b2*24-7-/t15-,21+,22-;15-,21-,22+/m01/s1. The van der Waals surface area contributed by atoms with E-state index in [-0.39, 0.29) is 49.1 Å². The SMILES string of the molecule is COc1cc(/C=C2\O[C@@H](C)[C@H]3COC[C@@H](c4cc(F)c(F)c(F)c4)N3C2=O)ccc1-n1cnc(C)c1.COc1cc(/C=C2\O[C@H](C)[C@H]3COC[C@@H](c4cc(F)c(F)c(F)c4)N3C2=O)ccc1-n1cnc(C)c1. The Hall–Kier alpha value is -7.58. The molecule has 4 aliphatic rings. The van der Waals surface area contributed by atoms with Crippen LogP contribution in [0.25, 0.3) is 23.5 Å². The normalized spacial score (nSPS) is 22.9. The van der Waals surface area contributed by atoms with Crippen LogP contribution in [0.4, 0.5) is 26.3 Å². The van der Waals surface area contributed by atoms with E-state index >= 15 is 0 Å². The number of nitrogens with zero attached hydrogens (tertiary/aromatic N) is 6. The summed E-state index contributed by atoms with van der Waals surface area (Å²) in [5.74, 6) is -8.04. The number of methoxy groups -OCH3 is 2. The Labute approximate surface area is 409 Å². The highest BCUT2D eigenvalue weighted by atomic mass is 19.2. The van der Waals surface area contributed by atoms with Crippen LogP contribution in [0.2, 0.25) is 0 Å². The fourth-order valence-electron chi connectivity index (χ4n) is 9.25. The van der Waals surface area contributed by atoms with Crippen molar-refractivity contribution in [1.82, 2.24) is 28.9 Å². The van der Waals surface area contributed by atoms with Crippen LogP contribution >= 0.6 is 0 Å². The quantitative estimate of drug-likeness (QED) is 0.0830. The topological polar surface area (TPSA) is 132 Å². The summed E-state index contributed by atoms with van der Waals surface area (Å²) in [4.78, 5) is 38.6. The summed E-state index contributed by atoms with van der Waals surface area (Å²) < 4.78 is 121. The van der Waals surface area contributed by atoms with Crippen LogP contribution in [-0.4, -0.2) is 106 Å². The number of amides is 2. The third-order valence-corrected chi connectivity index (χ3v) is 12.9. The van der Waals surface area contributed by atoms with Crippen molar-refractivity contribution in [2.24, 2.45) is 0 Å². The maximum atomic E-state index is 14.0.